The Hall–Kier alpha value is -4.19. The first-order valence-corrected chi connectivity index (χ1v) is 32.8. The molecule has 52 heavy (non-hydrogen) atoms. The van der Waals surface area contributed by atoms with Gasteiger partial charge in [0, 0.05) is 0 Å². The van der Waals surface area contributed by atoms with Gasteiger partial charge in [0.15, 0.2) is 0 Å². The summed E-state index contributed by atoms with van der Waals surface area (Å²) in [5.41, 5.74) is 0. The fourth-order valence-corrected chi connectivity index (χ4v) is 121. The fourth-order valence-electron chi connectivity index (χ4n) is 7.70. The van der Waals surface area contributed by atoms with E-state index in [1.165, 1.54) is 0 Å². The second-order valence-corrected chi connectivity index (χ2v) is 50.7. The number of hydrogen-bond donors (Lipinski definition) is 0. The first-order valence-electron chi connectivity index (χ1n) is 16.7. The number of ether oxygens (including phenoxy) is 6. The van der Waals surface area contributed by atoms with Crippen molar-refractivity contribution in [3.63, 3.8) is 0 Å². The predicted molar refractivity (Wildman–Crippen MR) is 209 cm³/mol. The molecule has 1 saturated heterocycles. The Kier molecular flexibility index (Phi) is 9.73. The zero-order chi connectivity index (χ0) is 36.5. The Labute approximate surface area is 309 Å². The zero-order valence-electron chi connectivity index (χ0n) is 30.0. The van der Waals surface area contributed by atoms with Crippen molar-refractivity contribution in [2.24, 2.45) is 0 Å². The van der Waals surface area contributed by atoms with Crippen LogP contribution in [0.5, 0.6) is 34.5 Å². The summed E-state index contributed by atoms with van der Waals surface area (Å²) >= 11 is -12.6. The Morgan fingerprint density at radius 3 is 0.577 bits per heavy atom. The van der Waals surface area contributed by atoms with E-state index in [1.54, 1.807) is 42.7 Å². The minimum absolute atomic E-state index is 0.614. The molecule has 0 aliphatic carbocycles. The van der Waals surface area contributed by atoms with Gasteiger partial charge in [0.2, 0.25) is 0 Å². The van der Waals surface area contributed by atoms with Crippen LogP contribution in [0.2, 0.25) is 0 Å². The summed E-state index contributed by atoms with van der Waals surface area (Å²) in [4.78, 5) is 0. The topological polar surface area (TPSA) is 73.8 Å². The monoisotopic (exact) mass is 1090 g/mol. The molecule has 10 heteroatoms. The summed E-state index contributed by atoms with van der Waals surface area (Å²) in [6.45, 7) is 0. The molecule has 6 aromatic rings. The summed E-state index contributed by atoms with van der Waals surface area (Å²) in [7, 11) is 10.0. The van der Waals surface area contributed by atoms with Crippen LogP contribution in [0.3, 0.4) is 0 Å². The van der Waals surface area contributed by atoms with Crippen LogP contribution in [0.4, 0.5) is 0 Å². The van der Waals surface area contributed by atoms with Crippen molar-refractivity contribution in [2.45, 2.75) is 0 Å². The van der Waals surface area contributed by atoms with Crippen molar-refractivity contribution in [2.75, 3.05) is 42.7 Å². The van der Waals surface area contributed by atoms with E-state index in [0.717, 1.165) is 19.6 Å². The molecule has 0 unspecified atom stereocenters. The molecule has 0 radical (unpaired) electrons. The Balaban J connectivity index is 1.83. The van der Waals surface area contributed by atoms with Crippen molar-refractivity contribution in [1.82, 2.24) is 0 Å². The van der Waals surface area contributed by atoms with Gasteiger partial charge in [-0.1, -0.05) is 0 Å². The Bertz CT molecular complexity index is 1850. The number of para-hydroxylation sites is 6. The van der Waals surface area contributed by atoms with Crippen LogP contribution >= 0.6 is 0 Å². The van der Waals surface area contributed by atoms with E-state index in [4.69, 9.17) is 30.2 Å². The zero-order valence-corrected chi connectivity index (χ0v) is 37.0. The van der Waals surface area contributed by atoms with Crippen LogP contribution in [0, 0.1) is 0 Å². The standard InChI is InChI=1S/6C7H7O.2Bi.2O/c6*1-8-7-5-3-2-4-6-7;;;;/h6*2-5H,1H3;;;;. The van der Waals surface area contributed by atoms with E-state index in [9.17, 15) is 0 Å². The van der Waals surface area contributed by atoms with E-state index >= 15 is 0 Å². The van der Waals surface area contributed by atoms with Crippen LogP contribution in [0.25, 0.3) is 0 Å². The molecule has 7 rings (SSSR count). The third-order valence-electron chi connectivity index (χ3n) is 9.76. The second-order valence-electron chi connectivity index (χ2n) is 12.1. The molecule has 268 valence electrons. The molecule has 0 amide bonds. The summed E-state index contributed by atoms with van der Waals surface area (Å²) in [6, 6.07) is 47.7. The summed E-state index contributed by atoms with van der Waals surface area (Å²) < 4.78 is 59.8. The minimum atomic E-state index is -6.32. The molecule has 0 N–H and O–H groups in total. The van der Waals surface area contributed by atoms with Crippen LogP contribution in [-0.4, -0.2) is 82.0 Å². The van der Waals surface area contributed by atoms with Gasteiger partial charge in [-0.25, -0.2) is 0 Å². The van der Waals surface area contributed by atoms with E-state index in [0.29, 0.717) is 34.5 Å². The Morgan fingerprint density at radius 1 is 0.269 bits per heavy atom. The van der Waals surface area contributed by atoms with E-state index in [-0.39, 0.29) is 0 Å². The summed E-state index contributed by atoms with van der Waals surface area (Å²) in [5.74, 6) is 3.68. The van der Waals surface area contributed by atoms with E-state index < -0.39 is 39.3 Å². The molecule has 0 atom stereocenters. The third kappa shape index (κ3) is 4.84. The predicted octanol–water partition coefficient (Wildman–Crippen LogP) is 4.32. The first-order chi connectivity index (χ1) is 25.4. The molecule has 0 saturated carbocycles. The number of rotatable bonds is 12. The van der Waals surface area contributed by atoms with E-state index in [1.807, 2.05) is 109 Å². The number of benzene rings is 6. The second kappa shape index (κ2) is 14.0. The number of hydrogen-bond acceptors (Lipinski definition) is 8. The summed E-state index contributed by atoms with van der Waals surface area (Å²) in [5, 5.41) is 0. The van der Waals surface area contributed by atoms with Crippen LogP contribution in [0.15, 0.2) is 146 Å². The van der Waals surface area contributed by atoms with Gasteiger partial charge in [0.05, 0.1) is 0 Å². The molecule has 1 aliphatic heterocycles. The molecule has 1 fully saturated rings. The van der Waals surface area contributed by atoms with Gasteiger partial charge < -0.3 is 0 Å². The van der Waals surface area contributed by atoms with Gasteiger partial charge in [-0.15, -0.1) is 0 Å². The van der Waals surface area contributed by atoms with Gasteiger partial charge in [0.25, 0.3) is 0 Å². The van der Waals surface area contributed by atoms with Crippen LogP contribution < -0.4 is 48.0 Å². The molecule has 0 aromatic heterocycles. The average molecular weight is 1090 g/mol. The van der Waals surface area contributed by atoms with Crippen molar-refractivity contribution in [3.05, 3.63) is 146 Å². The van der Waals surface area contributed by atoms with Crippen LogP contribution in [0.1, 0.15) is 0 Å². The van der Waals surface area contributed by atoms with Crippen LogP contribution in [-0.2, 0) is 1.78 Å². The van der Waals surface area contributed by atoms with Crippen molar-refractivity contribution >= 4 is 59.0 Å². The van der Waals surface area contributed by atoms with Gasteiger partial charge in [-0.2, -0.15) is 0 Å². The SMILES string of the molecule is COc1cccc[c]1[Bi]1([c]2ccccc2OC)([c]2ccccc2OC)[O][Bi]([c]2ccccc2OC)([c]2ccccc2OC)([c]2ccccc2OC)[O]1. The van der Waals surface area contributed by atoms with Gasteiger partial charge in [-0.3, -0.25) is 0 Å². The summed E-state index contributed by atoms with van der Waals surface area (Å²) in [6.07, 6.45) is 0. The maximum atomic E-state index is 8.79. The molecule has 1 aliphatic rings. The molecule has 1 heterocycles. The Morgan fingerprint density at radius 2 is 0.423 bits per heavy atom. The molecule has 0 spiro atoms. The van der Waals surface area contributed by atoms with Crippen molar-refractivity contribution in [1.29, 1.82) is 0 Å². The van der Waals surface area contributed by atoms with Gasteiger partial charge in [-0.05, 0) is 0 Å². The van der Waals surface area contributed by atoms with E-state index in [2.05, 4.69) is 36.4 Å². The molecular formula is C42H42Bi2O8. The molecule has 6 aromatic carbocycles. The molecule has 0 bridgehead atoms. The quantitative estimate of drug-likeness (QED) is 0.168. The number of methoxy groups -OCH3 is 6. The van der Waals surface area contributed by atoms with Gasteiger partial charge in [0.1, 0.15) is 0 Å². The molecular weight excluding hydrogens is 1050 g/mol. The fraction of sp³-hybridized carbons (Fsp3) is 0.143. The van der Waals surface area contributed by atoms with Crippen molar-refractivity contribution in [3.8, 4) is 34.5 Å². The van der Waals surface area contributed by atoms with Gasteiger partial charge >= 0.3 is 312 Å². The third-order valence-corrected chi connectivity index (χ3v) is 86.2. The average Bonchev–Trinajstić information content (AvgIpc) is 3.21. The van der Waals surface area contributed by atoms with Crippen molar-refractivity contribution < 1.29 is 30.2 Å². The molecule has 8 nitrogen and oxygen atoms in total. The first kappa shape index (κ1) is 36.2. The normalized spacial score (nSPS) is 17.7. The maximum absolute atomic E-state index is 8.79.